The van der Waals surface area contributed by atoms with E-state index in [0.29, 0.717) is 5.56 Å². The van der Waals surface area contributed by atoms with Gasteiger partial charge in [-0.1, -0.05) is 6.07 Å². The van der Waals surface area contributed by atoms with Crippen molar-refractivity contribution in [3.05, 3.63) is 35.1 Å². The Kier molecular flexibility index (Phi) is 3.34. The highest BCUT2D eigenvalue weighted by atomic mass is 19.3. The zero-order chi connectivity index (χ0) is 11.6. The Bertz CT molecular complexity index is 377. The second-order valence-corrected chi connectivity index (χ2v) is 3.15. The molecule has 0 bridgehead atoms. The predicted molar refractivity (Wildman–Crippen MR) is 47.5 cm³/mol. The summed E-state index contributed by atoms with van der Waals surface area (Å²) in [6.07, 6.45) is -3.05. The summed E-state index contributed by atoms with van der Waals surface area (Å²) in [5.74, 6) is -4.35. The van der Waals surface area contributed by atoms with Crippen LogP contribution in [0.1, 0.15) is 17.0 Å². The van der Waals surface area contributed by atoms with E-state index in [1.54, 1.807) is 0 Å². The molecule has 1 atom stereocenters. The predicted octanol–water partition coefficient (Wildman–Crippen LogP) is 2.57. The first-order valence-corrected chi connectivity index (χ1v) is 4.20. The molecule has 82 valence electrons. The summed E-state index contributed by atoms with van der Waals surface area (Å²) in [5.41, 5.74) is 0.154. The van der Waals surface area contributed by atoms with Gasteiger partial charge in [0.15, 0.2) is 0 Å². The summed E-state index contributed by atoms with van der Waals surface area (Å²) in [7, 11) is 0. The molecule has 0 saturated carbocycles. The number of hydrogen-bond acceptors (Lipinski definition) is 1. The van der Waals surface area contributed by atoms with Crippen molar-refractivity contribution < 1.29 is 23.1 Å². The molecule has 15 heavy (non-hydrogen) atoms. The Labute approximate surface area is 84.3 Å². The molecule has 0 fully saturated rings. The molecule has 5 heteroatoms. The molecule has 1 unspecified atom stereocenters. The highest BCUT2D eigenvalue weighted by Crippen LogP contribution is 2.27. The molecule has 1 aromatic carbocycles. The molecule has 0 aromatic heterocycles. The first kappa shape index (κ1) is 11.6. The van der Waals surface area contributed by atoms with Gasteiger partial charge in [0.2, 0.25) is 0 Å². The van der Waals surface area contributed by atoms with Crippen molar-refractivity contribution in [1.29, 1.82) is 0 Å². The van der Waals surface area contributed by atoms with Gasteiger partial charge in [0, 0.05) is 0 Å². The van der Waals surface area contributed by atoms with E-state index in [9.17, 15) is 18.0 Å². The highest BCUT2D eigenvalue weighted by Gasteiger charge is 2.31. The smallest absolute Gasteiger partial charge is 0.316 e. The fourth-order valence-electron chi connectivity index (χ4n) is 1.32. The number of aliphatic carboxylic acids is 1. The molecule has 0 heterocycles. The quantitative estimate of drug-likeness (QED) is 0.846. The molecular weight excluding hydrogens is 209 g/mol. The Morgan fingerprint density at radius 2 is 2.00 bits per heavy atom. The molecule has 0 saturated heterocycles. The van der Waals surface area contributed by atoms with Crippen LogP contribution in [0.25, 0.3) is 0 Å². The van der Waals surface area contributed by atoms with Crippen LogP contribution in [0.15, 0.2) is 18.2 Å². The normalized spacial score (nSPS) is 12.9. The van der Waals surface area contributed by atoms with E-state index in [1.807, 2.05) is 0 Å². The average Bonchev–Trinajstić information content (AvgIpc) is 2.10. The van der Waals surface area contributed by atoms with E-state index in [2.05, 4.69) is 0 Å². The second-order valence-electron chi connectivity index (χ2n) is 3.15. The topological polar surface area (TPSA) is 37.3 Å². The maximum atomic E-state index is 12.8. The van der Waals surface area contributed by atoms with E-state index in [1.165, 1.54) is 13.0 Å². The molecular formula is C10H9F3O2. The number of benzene rings is 1. The van der Waals surface area contributed by atoms with Crippen molar-refractivity contribution in [2.45, 2.75) is 19.3 Å². The van der Waals surface area contributed by atoms with Crippen molar-refractivity contribution in [2.75, 3.05) is 0 Å². The molecule has 0 radical (unpaired) electrons. The number of carboxylic acids is 1. The van der Waals surface area contributed by atoms with Gasteiger partial charge in [0.1, 0.15) is 11.7 Å². The third kappa shape index (κ3) is 2.49. The highest BCUT2D eigenvalue weighted by molar-refractivity contribution is 5.77. The van der Waals surface area contributed by atoms with Crippen LogP contribution < -0.4 is 0 Å². The van der Waals surface area contributed by atoms with Gasteiger partial charge in [0.25, 0.3) is 6.43 Å². The standard InChI is InChI=1S/C10H9F3O2/c1-5-2-3-6(11)4-7(5)8(9(12)13)10(14)15/h2-4,8-9H,1H3,(H,14,15). The van der Waals surface area contributed by atoms with Gasteiger partial charge >= 0.3 is 5.97 Å². The fraction of sp³-hybridized carbons (Fsp3) is 0.300. The monoisotopic (exact) mass is 218 g/mol. The second kappa shape index (κ2) is 4.33. The van der Waals surface area contributed by atoms with Gasteiger partial charge in [-0.3, -0.25) is 4.79 Å². The fourth-order valence-corrected chi connectivity index (χ4v) is 1.32. The van der Waals surface area contributed by atoms with Crippen LogP contribution in [-0.2, 0) is 4.79 Å². The number of carboxylic acid groups (broad SMARTS) is 1. The molecule has 0 aliphatic heterocycles. The number of halogens is 3. The number of carbonyl (C=O) groups is 1. The summed E-state index contributed by atoms with van der Waals surface area (Å²) in [4.78, 5) is 10.6. The largest absolute Gasteiger partial charge is 0.481 e. The first-order valence-electron chi connectivity index (χ1n) is 4.20. The molecule has 2 nitrogen and oxygen atoms in total. The Hall–Kier alpha value is -1.52. The van der Waals surface area contributed by atoms with Crippen LogP contribution in [0, 0.1) is 12.7 Å². The van der Waals surface area contributed by atoms with Gasteiger partial charge in [-0.2, -0.15) is 0 Å². The summed E-state index contributed by atoms with van der Waals surface area (Å²) in [6, 6.07) is 3.21. The van der Waals surface area contributed by atoms with Crippen LogP contribution in [0.3, 0.4) is 0 Å². The third-order valence-corrected chi connectivity index (χ3v) is 2.09. The minimum absolute atomic E-state index is 0.183. The summed E-state index contributed by atoms with van der Waals surface area (Å²) >= 11 is 0. The van der Waals surface area contributed by atoms with Gasteiger partial charge in [-0.25, -0.2) is 13.2 Å². The average molecular weight is 218 g/mol. The Balaban J connectivity index is 3.22. The zero-order valence-corrected chi connectivity index (χ0v) is 7.88. The van der Waals surface area contributed by atoms with E-state index in [4.69, 9.17) is 5.11 Å². The molecule has 0 aliphatic rings. The van der Waals surface area contributed by atoms with Crippen molar-refractivity contribution in [2.24, 2.45) is 0 Å². The van der Waals surface area contributed by atoms with Gasteiger partial charge < -0.3 is 5.11 Å². The lowest BCUT2D eigenvalue weighted by atomic mass is 9.95. The van der Waals surface area contributed by atoms with E-state index < -0.39 is 24.1 Å². The van der Waals surface area contributed by atoms with E-state index >= 15 is 0 Å². The van der Waals surface area contributed by atoms with Crippen LogP contribution in [0.2, 0.25) is 0 Å². The summed E-state index contributed by atoms with van der Waals surface area (Å²) in [5, 5.41) is 8.61. The number of alkyl halides is 2. The van der Waals surface area contributed by atoms with Crippen LogP contribution in [-0.4, -0.2) is 17.5 Å². The molecule has 0 aliphatic carbocycles. The molecule has 1 N–H and O–H groups in total. The Morgan fingerprint density at radius 1 is 1.40 bits per heavy atom. The van der Waals surface area contributed by atoms with Crippen LogP contribution >= 0.6 is 0 Å². The van der Waals surface area contributed by atoms with E-state index in [0.717, 1.165) is 12.1 Å². The summed E-state index contributed by atoms with van der Waals surface area (Å²) < 4.78 is 37.7. The van der Waals surface area contributed by atoms with Crippen molar-refractivity contribution in [1.82, 2.24) is 0 Å². The third-order valence-electron chi connectivity index (χ3n) is 2.09. The number of rotatable bonds is 3. The minimum Gasteiger partial charge on any atom is -0.481 e. The maximum Gasteiger partial charge on any atom is 0.316 e. The first-order chi connectivity index (χ1) is 6.93. The van der Waals surface area contributed by atoms with Gasteiger partial charge in [-0.15, -0.1) is 0 Å². The van der Waals surface area contributed by atoms with Crippen LogP contribution in [0.5, 0.6) is 0 Å². The lowest BCUT2D eigenvalue weighted by Gasteiger charge is -2.14. The van der Waals surface area contributed by atoms with Gasteiger partial charge in [-0.05, 0) is 30.2 Å². The maximum absolute atomic E-state index is 12.8. The lowest BCUT2D eigenvalue weighted by Crippen LogP contribution is -2.20. The van der Waals surface area contributed by atoms with Crippen molar-refractivity contribution >= 4 is 5.97 Å². The molecule has 1 aromatic rings. The molecule has 1 rings (SSSR count). The minimum atomic E-state index is -3.05. The molecule has 0 spiro atoms. The van der Waals surface area contributed by atoms with E-state index in [-0.39, 0.29) is 5.56 Å². The number of aryl methyl sites for hydroxylation is 1. The summed E-state index contributed by atoms with van der Waals surface area (Å²) in [6.45, 7) is 1.47. The Morgan fingerprint density at radius 3 is 2.47 bits per heavy atom. The van der Waals surface area contributed by atoms with Crippen molar-refractivity contribution in [3.63, 3.8) is 0 Å². The van der Waals surface area contributed by atoms with Crippen LogP contribution in [0.4, 0.5) is 13.2 Å². The molecule has 0 amide bonds. The zero-order valence-electron chi connectivity index (χ0n) is 7.88. The number of hydrogen-bond donors (Lipinski definition) is 1. The lowest BCUT2D eigenvalue weighted by molar-refractivity contribution is -0.142. The van der Waals surface area contributed by atoms with Gasteiger partial charge in [0.05, 0.1) is 0 Å². The SMILES string of the molecule is Cc1ccc(F)cc1C(C(=O)O)C(F)F. The van der Waals surface area contributed by atoms with Crippen molar-refractivity contribution in [3.8, 4) is 0 Å².